The van der Waals surface area contributed by atoms with E-state index in [-0.39, 0.29) is 5.82 Å². The average Bonchev–Trinajstić information content (AvgIpc) is 2.70. The first-order chi connectivity index (χ1) is 9.65. The molecule has 1 aromatic carbocycles. The van der Waals surface area contributed by atoms with E-state index in [0.29, 0.717) is 18.0 Å². The highest BCUT2D eigenvalue weighted by Gasteiger charge is 2.27. The van der Waals surface area contributed by atoms with Crippen molar-refractivity contribution < 1.29 is 9.50 Å². The molecule has 0 amide bonds. The molecule has 3 N–H and O–H groups in total. The molecule has 4 nitrogen and oxygen atoms in total. The van der Waals surface area contributed by atoms with E-state index in [4.69, 9.17) is 0 Å². The maximum Gasteiger partial charge on any atom is 0.201 e. The van der Waals surface area contributed by atoms with Gasteiger partial charge in [0.15, 0.2) is 0 Å². The Kier molecular flexibility index (Phi) is 3.61. The lowest BCUT2D eigenvalue weighted by Crippen LogP contribution is -2.36. The van der Waals surface area contributed by atoms with Crippen molar-refractivity contribution in [3.05, 3.63) is 24.0 Å². The van der Waals surface area contributed by atoms with Gasteiger partial charge in [-0.2, -0.15) is 0 Å². The van der Waals surface area contributed by atoms with Crippen molar-refractivity contribution >= 4 is 17.0 Å². The molecule has 0 aliphatic heterocycles. The summed E-state index contributed by atoms with van der Waals surface area (Å²) in [5, 5.41) is 13.7. The maximum absolute atomic E-state index is 13.1. The molecule has 1 aliphatic rings. The number of rotatable bonds is 3. The minimum absolute atomic E-state index is 0.282. The van der Waals surface area contributed by atoms with Gasteiger partial charge in [0.1, 0.15) is 5.82 Å². The van der Waals surface area contributed by atoms with Gasteiger partial charge in [-0.05, 0) is 31.0 Å². The summed E-state index contributed by atoms with van der Waals surface area (Å²) in [7, 11) is 0. The first kappa shape index (κ1) is 13.4. The van der Waals surface area contributed by atoms with Gasteiger partial charge in [0, 0.05) is 6.54 Å². The summed E-state index contributed by atoms with van der Waals surface area (Å²) in [5.41, 5.74) is 0.739. The third-order valence-electron chi connectivity index (χ3n) is 4.06. The number of benzene rings is 1. The molecule has 1 saturated carbocycles. The molecule has 1 aliphatic carbocycles. The van der Waals surface area contributed by atoms with Crippen LogP contribution in [0.3, 0.4) is 0 Å². The normalized spacial score (nSPS) is 18.9. The Morgan fingerprint density at radius 1 is 1.25 bits per heavy atom. The van der Waals surface area contributed by atoms with Gasteiger partial charge in [0.05, 0.1) is 16.6 Å². The lowest BCUT2D eigenvalue weighted by molar-refractivity contribution is 0.0380. The lowest BCUT2D eigenvalue weighted by atomic mass is 9.95. The predicted molar refractivity (Wildman–Crippen MR) is 77.2 cm³/mol. The molecule has 1 fully saturated rings. The van der Waals surface area contributed by atoms with Crippen LogP contribution < -0.4 is 5.32 Å². The number of H-pyrrole nitrogens is 1. The molecule has 1 aromatic heterocycles. The summed E-state index contributed by atoms with van der Waals surface area (Å²) in [4.78, 5) is 7.38. The number of anilines is 1. The molecule has 1 heterocycles. The van der Waals surface area contributed by atoms with Crippen molar-refractivity contribution in [2.75, 3.05) is 11.9 Å². The predicted octanol–water partition coefficient (Wildman–Crippen LogP) is 3.20. The number of nitrogens with zero attached hydrogens (tertiary/aromatic N) is 1. The number of imidazole rings is 1. The average molecular weight is 277 g/mol. The molecule has 108 valence electrons. The fourth-order valence-corrected chi connectivity index (χ4v) is 2.88. The van der Waals surface area contributed by atoms with Gasteiger partial charge in [0.25, 0.3) is 0 Å². The Labute approximate surface area is 117 Å². The lowest BCUT2D eigenvalue weighted by Gasteiger charge is -2.26. The molecular weight excluding hydrogens is 257 g/mol. The van der Waals surface area contributed by atoms with Crippen LogP contribution in [0.15, 0.2) is 18.2 Å². The van der Waals surface area contributed by atoms with Crippen LogP contribution in [0, 0.1) is 5.82 Å². The van der Waals surface area contributed by atoms with E-state index in [1.807, 2.05) is 0 Å². The van der Waals surface area contributed by atoms with Crippen LogP contribution in [0.2, 0.25) is 0 Å². The molecule has 2 aromatic rings. The standard InChI is InChI=1S/C15H20FN3O/c16-11-5-6-12-13(9-11)19-14(18-12)17-10-15(20)7-3-1-2-4-8-15/h5-6,9,20H,1-4,7-8,10H2,(H2,17,18,19). The first-order valence-electron chi connectivity index (χ1n) is 7.26. The monoisotopic (exact) mass is 277 g/mol. The number of hydrogen-bond donors (Lipinski definition) is 3. The summed E-state index contributed by atoms with van der Waals surface area (Å²) in [6.45, 7) is 0.481. The zero-order chi connectivity index (χ0) is 14.0. The minimum atomic E-state index is -0.652. The fraction of sp³-hybridized carbons (Fsp3) is 0.533. The van der Waals surface area contributed by atoms with E-state index < -0.39 is 5.60 Å². The van der Waals surface area contributed by atoms with Gasteiger partial charge in [-0.25, -0.2) is 9.37 Å². The highest BCUT2D eigenvalue weighted by atomic mass is 19.1. The summed E-state index contributed by atoms with van der Waals surface area (Å²) in [6, 6.07) is 4.46. The van der Waals surface area contributed by atoms with E-state index in [2.05, 4.69) is 15.3 Å². The molecule has 0 saturated heterocycles. The first-order valence-corrected chi connectivity index (χ1v) is 7.26. The van der Waals surface area contributed by atoms with Crippen LogP contribution in [0.5, 0.6) is 0 Å². The molecule has 0 bridgehead atoms. The summed E-state index contributed by atoms with van der Waals surface area (Å²) < 4.78 is 13.1. The molecule has 0 radical (unpaired) electrons. The molecule has 0 atom stereocenters. The van der Waals surface area contributed by atoms with Crippen molar-refractivity contribution in [2.24, 2.45) is 0 Å². The number of fused-ring (bicyclic) bond motifs is 1. The van der Waals surface area contributed by atoms with Gasteiger partial charge < -0.3 is 15.4 Å². The third-order valence-corrected chi connectivity index (χ3v) is 4.06. The van der Waals surface area contributed by atoms with E-state index in [1.165, 1.54) is 25.0 Å². The Hall–Kier alpha value is -1.62. The molecule has 5 heteroatoms. The van der Waals surface area contributed by atoms with Gasteiger partial charge in [-0.3, -0.25) is 0 Å². The number of halogens is 1. The van der Waals surface area contributed by atoms with Crippen LogP contribution in [0.25, 0.3) is 11.0 Å². The van der Waals surface area contributed by atoms with Crippen molar-refractivity contribution in [1.82, 2.24) is 9.97 Å². The summed E-state index contributed by atoms with van der Waals surface area (Å²) >= 11 is 0. The second-order valence-corrected chi connectivity index (χ2v) is 5.74. The molecule has 20 heavy (non-hydrogen) atoms. The summed E-state index contributed by atoms with van der Waals surface area (Å²) in [5.74, 6) is 0.304. The molecule has 3 rings (SSSR count). The van der Waals surface area contributed by atoms with Crippen LogP contribution in [0.1, 0.15) is 38.5 Å². The number of aliphatic hydroxyl groups is 1. The fourth-order valence-electron chi connectivity index (χ4n) is 2.88. The van der Waals surface area contributed by atoms with Gasteiger partial charge in [-0.1, -0.05) is 25.7 Å². The Morgan fingerprint density at radius 3 is 2.75 bits per heavy atom. The SMILES string of the molecule is OC1(CNc2nc3ccc(F)cc3[nH]2)CCCCCC1. The minimum Gasteiger partial charge on any atom is -0.388 e. The van der Waals surface area contributed by atoms with Gasteiger partial charge in [0.2, 0.25) is 5.95 Å². The quantitative estimate of drug-likeness (QED) is 0.755. The molecule has 0 spiro atoms. The number of hydrogen-bond acceptors (Lipinski definition) is 3. The smallest absolute Gasteiger partial charge is 0.201 e. The molecule has 0 unspecified atom stereocenters. The van der Waals surface area contributed by atoms with Crippen LogP contribution in [-0.4, -0.2) is 27.2 Å². The van der Waals surface area contributed by atoms with Crippen molar-refractivity contribution in [3.63, 3.8) is 0 Å². The van der Waals surface area contributed by atoms with Crippen molar-refractivity contribution in [1.29, 1.82) is 0 Å². The zero-order valence-electron chi connectivity index (χ0n) is 11.5. The number of aromatic amines is 1. The molecular formula is C15H20FN3O. The van der Waals surface area contributed by atoms with E-state index in [1.54, 1.807) is 6.07 Å². The Balaban J connectivity index is 1.69. The number of nitrogens with one attached hydrogen (secondary N) is 2. The second kappa shape index (κ2) is 5.40. The Morgan fingerprint density at radius 2 is 2.00 bits per heavy atom. The zero-order valence-corrected chi connectivity index (χ0v) is 11.5. The van der Waals surface area contributed by atoms with Crippen LogP contribution in [0.4, 0.5) is 10.3 Å². The van der Waals surface area contributed by atoms with Crippen LogP contribution >= 0.6 is 0 Å². The van der Waals surface area contributed by atoms with E-state index >= 15 is 0 Å². The summed E-state index contributed by atoms with van der Waals surface area (Å²) in [6.07, 6.45) is 6.20. The van der Waals surface area contributed by atoms with Gasteiger partial charge in [-0.15, -0.1) is 0 Å². The highest BCUT2D eigenvalue weighted by Crippen LogP contribution is 2.27. The Bertz CT molecular complexity index is 588. The van der Waals surface area contributed by atoms with Crippen LogP contribution in [-0.2, 0) is 0 Å². The largest absolute Gasteiger partial charge is 0.388 e. The second-order valence-electron chi connectivity index (χ2n) is 5.74. The van der Waals surface area contributed by atoms with E-state index in [0.717, 1.165) is 31.2 Å². The van der Waals surface area contributed by atoms with Crippen molar-refractivity contribution in [2.45, 2.75) is 44.1 Å². The maximum atomic E-state index is 13.1. The van der Waals surface area contributed by atoms with Crippen molar-refractivity contribution in [3.8, 4) is 0 Å². The topological polar surface area (TPSA) is 60.9 Å². The van der Waals surface area contributed by atoms with Gasteiger partial charge >= 0.3 is 0 Å². The highest BCUT2D eigenvalue weighted by molar-refractivity contribution is 5.77. The number of aromatic nitrogens is 2. The van der Waals surface area contributed by atoms with E-state index in [9.17, 15) is 9.50 Å². The third kappa shape index (κ3) is 2.93.